The van der Waals surface area contributed by atoms with E-state index in [1.165, 1.54) is 6.07 Å². The van der Waals surface area contributed by atoms with Crippen molar-refractivity contribution in [1.82, 2.24) is 5.32 Å². The molecule has 29 heavy (non-hydrogen) atoms. The van der Waals surface area contributed by atoms with Crippen LogP contribution >= 0.6 is 34.8 Å². The first-order valence-corrected chi connectivity index (χ1v) is 9.98. The number of halogens is 3. The highest BCUT2D eigenvalue weighted by Crippen LogP contribution is 2.27. The number of ether oxygens (including phenoxy) is 2. The Morgan fingerprint density at radius 3 is 2.52 bits per heavy atom. The summed E-state index contributed by atoms with van der Waals surface area (Å²) in [4.78, 5) is 24.3. The zero-order valence-corrected chi connectivity index (χ0v) is 18.0. The monoisotopic (exact) mass is 458 g/mol. The summed E-state index contributed by atoms with van der Waals surface area (Å²) in [6.45, 7) is 1.11. The summed E-state index contributed by atoms with van der Waals surface area (Å²) in [6, 6.07) is 9.62. The summed E-state index contributed by atoms with van der Waals surface area (Å²) < 4.78 is 10.4. The number of hydrogen-bond donors (Lipinski definition) is 2. The van der Waals surface area contributed by atoms with Crippen molar-refractivity contribution >= 4 is 52.3 Å². The molecule has 2 amide bonds. The number of anilines is 1. The van der Waals surface area contributed by atoms with Crippen molar-refractivity contribution < 1.29 is 19.1 Å². The van der Waals surface area contributed by atoms with Gasteiger partial charge in [0.05, 0.1) is 28.9 Å². The zero-order valence-electron chi connectivity index (χ0n) is 15.8. The Balaban J connectivity index is 1.83. The molecule has 2 aromatic carbocycles. The van der Waals surface area contributed by atoms with Crippen LogP contribution in [-0.2, 0) is 9.53 Å². The predicted octanol–water partition coefficient (Wildman–Crippen LogP) is 4.82. The molecule has 0 aliphatic carbocycles. The molecule has 0 atom stereocenters. The van der Waals surface area contributed by atoms with Crippen LogP contribution in [0.15, 0.2) is 36.4 Å². The predicted molar refractivity (Wildman–Crippen MR) is 115 cm³/mol. The minimum atomic E-state index is -0.276. The van der Waals surface area contributed by atoms with Crippen LogP contribution in [0.5, 0.6) is 5.75 Å². The molecule has 0 aliphatic rings. The second-order valence-electron chi connectivity index (χ2n) is 6.02. The van der Waals surface area contributed by atoms with Crippen LogP contribution in [0.2, 0.25) is 15.1 Å². The molecule has 9 heteroatoms. The van der Waals surface area contributed by atoms with Gasteiger partial charge in [0.15, 0.2) is 0 Å². The summed E-state index contributed by atoms with van der Waals surface area (Å²) in [5, 5.41) is 6.70. The van der Waals surface area contributed by atoms with E-state index < -0.39 is 0 Å². The molecule has 2 aromatic rings. The summed E-state index contributed by atoms with van der Waals surface area (Å²) in [6.07, 6.45) is 0.686. The van der Waals surface area contributed by atoms with E-state index in [1.54, 1.807) is 37.4 Å². The second kappa shape index (κ2) is 11.9. The van der Waals surface area contributed by atoms with Gasteiger partial charge in [0.25, 0.3) is 5.91 Å². The van der Waals surface area contributed by atoms with Crippen LogP contribution in [0.3, 0.4) is 0 Å². The number of nitrogens with one attached hydrogen (secondary N) is 2. The van der Waals surface area contributed by atoms with Gasteiger partial charge in [0, 0.05) is 30.7 Å². The van der Waals surface area contributed by atoms with E-state index in [0.717, 1.165) is 0 Å². The highest BCUT2D eigenvalue weighted by Gasteiger charge is 2.11. The molecule has 0 saturated carbocycles. The van der Waals surface area contributed by atoms with Gasteiger partial charge in [-0.05, 0) is 42.8 Å². The average molecular weight is 460 g/mol. The molecule has 0 aromatic heterocycles. The molecule has 0 bridgehead atoms. The Hall–Kier alpha value is -1.99. The van der Waals surface area contributed by atoms with Gasteiger partial charge in [-0.2, -0.15) is 0 Å². The first-order valence-electron chi connectivity index (χ1n) is 8.85. The Morgan fingerprint density at radius 2 is 1.79 bits per heavy atom. The highest BCUT2D eigenvalue weighted by atomic mass is 35.5. The van der Waals surface area contributed by atoms with Crippen LogP contribution in [-0.4, -0.2) is 38.7 Å². The maximum absolute atomic E-state index is 12.2. The van der Waals surface area contributed by atoms with Crippen LogP contribution in [0, 0.1) is 0 Å². The summed E-state index contributed by atoms with van der Waals surface area (Å²) in [5.41, 5.74) is 0.763. The number of hydrogen-bond acceptors (Lipinski definition) is 4. The maximum atomic E-state index is 12.2. The molecule has 0 radical (unpaired) electrons. The average Bonchev–Trinajstić information content (AvgIpc) is 2.68. The van der Waals surface area contributed by atoms with Crippen LogP contribution in [0.1, 0.15) is 23.2 Å². The van der Waals surface area contributed by atoms with Crippen LogP contribution in [0.4, 0.5) is 5.69 Å². The van der Waals surface area contributed by atoms with Gasteiger partial charge in [-0.1, -0.05) is 34.8 Å². The van der Waals surface area contributed by atoms with Crippen LogP contribution in [0.25, 0.3) is 0 Å². The van der Waals surface area contributed by atoms with Crippen molar-refractivity contribution in [1.29, 1.82) is 0 Å². The summed E-state index contributed by atoms with van der Waals surface area (Å²) in [7, 11) is 1.55. The number of rotatable bonds is 10. The van der Waals surface area contributed by atoms with Crippen molar-refractivity contribution in [2.45, 2.75) is 12.8 Å². The largest absolute Gasteiger partial charge is 0.492 e. The standard InChI is InChI=1S/C20H21Cl3N2O4/c1-28-10-8-24-20(27)13-4-6-15(22)17(11-13)25-19(26)3-2-9-29-18-7-5-14(21)12-16(18)23/h4-7,11-12H,2-3,8-10H2,1H3,(H,24,27)(H,25,26). The Bertz CT molecular complexity index is 862. The zero-order chi connectivity index (χ0) is 21.2. The van der Waals surface area contributed by atoms with Gasteiger partial charge >= 0.3 is 0 Å². The highest BCUT2D eigenvalue weighted by molar-refractivity contribution is 6.35. The molecule has 156 valence electrons. The fourth-order valence-electron chi connectivity index (χ4n) is 2.35. The first kappa shape index (κ1) is 23.3. The molecule has 0 heterocycles. The van der Waals surface area contributed by atoms with Crippen molar-refractivity contribution in [3.63, 3.8) is 0 Å². The lowest BCUT2D eigenvalue weighted by molar-refractivity contribution is -0.116. The first-order chi connectivity index (χ1) is 13.9. The van der Waals surface area contributed by atoms with E-state index in [2.05, 4.69) is 10.6 Å². The van der Waals surface area contributed by atoms with E-state index in [0.29, 0.717) is 58.2 Å². The number of carbonyl (C=O) groups excluding carboxylic acids is 2. The molecule has 6 nitrogen and oxygen atoms in total. The normalized spacial score (nSPS) is 10.5. The van der Waals surface area contributed by atoms with Crippen LogP contribution < -0.4 is 15.4 Å². The summed E-state index contributed by atoms with van der Waals surface area (Å²) >= 11 is 18.0. The molecule has 0 unspecified atom stereocenters. The van der Waals surface area contributed by atoms with Crippen molar-refractivity contribution in [2.24, 2.45) is 0 Å². The molecule has 0 aliphatic heterocycles. The second-order valence-corrected chi connectivity index (χ2v) is 7.27. The molecule has 0 fully saturated rings. The van der Waals surface area contributed by atoms with Gasteiger partial charge < -0.3 is 20.1 Å². The van der Waals surface area contributed by atoms with Gasteiger partial charge in [-0.25, -0.2) is 0 Å². The Morgan fingerprint density at radius 1 is 1.00 bits per heavy atom. The Kier molecular flexibility index (Phi) is 9.54. The van der Waals surface area contributed by atoms with E-state index in [4.69, 9.17) is 44.3 Å². The topological polar surface area (TPSA) is 76.7 Å². The lowest BCUT2D eigenvalue weighted by Gasteiger charge is -2.11. The third-order valence-electron chi connectivity index (χ3n) is 3.79. The lowest BCUT2D eigenvalue weighted by atomic mass is 10.1. The fourth-order valence-corrected chi connectivity index (χ4v) is 2.98. The third-order valence-corrected chi connectivity index (χ3v) is 4.65. The number of methoxy groups -OCH3 is 1. The van der Waals surface area contributed by atoms with E-state index >= 15 is 0 Å². The van der Waals surface area contributed by atoms with Crippen molar-refractivity contribution in [3.8, 4) is 5.75 Å². The van der Waals surface area contributed by atoms with E-state index in [9.17, 15) is 9.59 Å². The minimum absolute atomic E-state index is 0.214. The van der Waals surface area contributed by atoms with Gasteiger partial charge in [-0.3, -0.25) is 9.59 Å². The van der Waals surface area contributed by atoms with E-state index in [1.807, 2.05) is 0 Å². The Labute approximate surface area is 184 Å². The molecular formula is C20H21Cl3N2O4. The van der Waals surface area contributed by atoms with Crippen molar-refractivity contribution in [2.75, 3.05) is 32.2 Å². The summed E-state index contributed by atoms with van der Waals surface area (Å²) in [5.74, 6) is -0.0104. The van der Waals surface area contributed by atoms with E-state index in [-0.39, 0.29) is 18.2 Å². The molecule has 0 saturated heterocycles. The maximum Gasteiger partial charge on any atom is 0.251 e. The SMILES string of the molecule is COCCNC(=O)c1ccc(Cl)c(NC(=O)CCCOc2ccc(Cl)cc2Cl)c1. The number of carbonyl (C=O) groups is 2. The fraction of sp³-hybridized carbons (Fsp3) is 0.300. The molecule has 0 spiro atoms. The van der Waals surface area contributed by atoms with Crippen molar-refractivity contribution in [3.05, 3.63) is 57.0 Å². The number of benzene rings is 2. The minimum Gasteiger partial charge on any atom is -0.492 e. The molecular weight excluding hydrogens is 439 g/mol. The lowest BCUT2D eigenvalue weighted by Crippen LogP contribution is -2.27. The van der Waals surface area contributed by atoms with Gasteiger partial charge in [-0.15, -0.1) is 0 Å². The molecule has 2 rings (SSSR count). The van der Waals surface area contributed by atoms with Gasteiger partial charge in [0.1, 0.15) is 5.75 Å². The third kappa shape index (κ3) is 7.74. The number of amides is 2. The molecule has 2 N–H and O–H groups in total. The van der Waals surface area contributed by atoms with Gasteiger partial charge in [0.2, 0.25) is 5.91 Å². The smallest absolute Gasteiger partial charge is 0.251 e. The quantitative estimate of drug-likeness (QED) is 0.499.